The van der Waals surface area contributed by atoms with Crippen LogP contribution < -0.4 is 11.1 Å². The molecule has 1 saturated carbocycles. The first-order chi connectivity index (χ1) is 9.96. The number of carbonyl (C=O) groups excluding carboxylic acids is 1. The molecule has 0 aromatic heterocycles. The van der Waals surface area contributed by atoms with Gasteiger partial charge in [0.25, 0.3) is 0 Å². The lowest BCUT2D eigenvalue weighted by Crippen LogP contribution is -2.35. The molecule has 0 unspecified atom stereocenters. The van der Waals surface area contributed by atoms with Crippen LogP contribution in [0.2, 0.25) is 0 Å². The molecule has 0 saturated heterocycles. The van der Waals surface area contributed by atoms with Crippen LogP contribution >= 0.6 is 0 Å². The molecule has 0 spiro atoms. The number of carbonyl (C=O) groups is 1. The smallest absolute Gasteiger partial charge is 0.220 e. The highest BCUT2D eigenvalue weighted by molar-refractivity contribution is 5.76. The van der Waals surface area contributed by atoms with E-state index < -0.39 is 0 Å². The van der Waals surface area contributed by atoms with Crippen molar-refractivity contribution in [1.82, 2.24) is 5.32 Å². The van der Waals surface area contributed by atoms with Gasteiger partial charge >= 0.3 is 0 Å². The first kappa shape index (κ1) is 18.5. The lowest BCUT2D eigenvalue weighted by molar-refractivity contribution is -0.122. The summed E-state index contributed by atoms with van der Waals surface area (Å²) in [4.78, 5) is 12.1. The Morgan fingerprint density at radius 3 is 2.33 bits per heavy atom. The molecule has 0 aromatic rings. The van der Waals surface area contributed by atoms with Gasteiger partial charge in [-0.1, -0.05) is 40.0 Å². The van der Waals surface area contributed by atoms with Gasteiger partial charge in [0.15, 0.2) is 0 Å². The number of nitrogens with one attached hydrogen (secondary N) is 1. The zero-order chi connectivity index (χ0) is 15.7. The van der Waals surface area contributed by atoms with E-state index in [9.17, 15) is 4.79 Å². The third kappa shape index (κ3) is 7.85. The number of nitrogens with two attached hydrogens (primary N) is 1. The molecule has 0 radical (unpaired) electrons. The van der Waals surface area contributed by atoms with Crippen molar-refractivity contribution in [3.05, 3.63) is 0 Å². The quantitative estimate of drug-likeness (QED) is 0.635. The minimum Gasteiger partial charge on any atom is -0.356 e. The topological polar surface area (TPSA) is 55.1 Å². The van der Waals surface area contributed by atoms with Crippen LogP contribution in [0.4, 0.5) is 0 Å². The van der Waals surface area contributed by atoms with E-state index in [0.29, 0.717) is 18.3 Å². The van der Waals surface area contributed by atoms with Crippen LogP contribution in [0.3, 0.4) is 0 Å². The molecule has 1 amide bonds. The molecule has 0 atom stereocenters. The second-order valence-electron chi connectivity index (χ2n) is 7.72. The van der Waals surface area contributed by atoms with Crippen LogP contribution in [-0.4, -0.2) is 19.0 Å². The molecule has 21 heavy (non-hydrogen) atoms. The predicted octanol–water partition coefficient (Wildman–Crippen LogP) is 3.86. The van der Waals surface area contributed by atoms with E-state index in [2.05, 4.69) is 26.1 Å². The van der Waals surface area contributed by atoms with Gasteiger partial charge in [-0.05, 0) is 55.9 Å². The Balaban J connectivity index is 2.18. The Morgan fingerprint density at radius 2 is 1.76 bits per heavy atom. The largest absolute Gasteiger partial charge is 0.356 e. The van der Waals surface area contributed by atoms with Gasteiger partial charge in [0.05, 0.1) is 0 Å². The average Bonchev–Trinajstić information content (AvgIpc) is 2.46. The normalized spacial score (nSPS) is 23.0. The highest BCUT2D eigenvalue weighted by atomic mass is 16.1. The molecule has 1 fully saturated rings. The molecule has 0 aliphatic heterocycles. The lowest BCUT2D eigenvalue weighted by Gasteiger charge is -2.28. The molecule has 3 N–H and O–H groups in total. The van der Waals surface area contributed by atoms with E-state index in [0.717, 1.165) is 13.1 Å². The number of unbranched alkanes of at least 4 members (excludes halogenated alkanes) is 2. The van der Waals surface area contributed by atoms with Gasteiger partial charge < -0.3 is 11.1 Å². The fourth-order valence-electron chi connectivity index (χ4n) is 3.29. The SMILES string of the molecule is CCCCCC(C)(C)CNC(=O)CC1CCC(CN)CC1. The van der Waals surface area contributed by atoms with Crippen molar-refractivity contribution in [1.29, 1.82) is 0 Å². The van der Waals surface area contributed by atoms with E-state index in [1.165, 1.54) is 51.4 Å². The van der Waals surface area contributed by atoms with Gasteiger partial charge in [0, 0.05) is 13.0 Å². The summed E-state index contributed by atoms with van der Waals surface area (Å²) >= 11 is 0. The van der Waals surface area contributed by atoms with E-state index in [4.69, 9.17) is 5.73 Å². The molecule has 3 heteroatoms. The fourth-order valence-corrected chi connectivity index (χ4v) is 3.29. The monoisotopic (exact) mass is 296 g/mol. The standard InChI is InChI=1S/C18H36N2O/c1-4-5-6-11-18(2,3)14-20-17(21)12-15-7-9-16(13-19)10-8-15/h15-16H,4-14,19H2,1-3H3,(H,20,21). The molecule has 1 aliphatic rings. The van der Waals surface area contributed by atoms with Gasteiger partial charge in [-0.25, -0.2) is 0 Å². The third-order valence-corrected chi connectivity index (χ3v) is 4.99. The lowest BCUT2D eigenvalue weighted by atomic mass is 9.80. The van der Waals surface area contributed by atoms with E-state index >= 15 is 0 Å². The summed E-state index contributed by atoms with van der Waals surface area (Å²) < 4.78 is 0. The van der Waals surface area contributed by atoms with Crippen LogP contribution in [0.5, 0.6) is 0 Å². The number of hydrogen-bond acceptors (Lipinski definition) is 2. The van der Waals surface area contributed by atoms with E-state index in [1.807, 2.05) is 0 Å². The predicted molar refractivity (Wildman–Crippen MR) is 90.1 cm³/mol. The van der Waals surface area contributed by atoms with Gasteiger partial charge in [0.1, 0.15) is 0 Å². The molecular weight excluding hydrogens is 260 g/mol. The molecular formula is C18H36N2O. The highest BCUT2D eigenvalue weighted by Gasteiger charge is 2.23. The summed E-state index contributed by atoms with van der Waals surface area (Å²) in [5, 5.41) is 3.16. The maximum absolute atomic E-state index is 12.1. The highest BCUT2D eigenvalue weighted by Crippen LogP contribution is 2.30. The van der Waals surface area contributed by atoms with Crippen molar-refractivity contribution in [2.75, 3.05) is 13.1 Å². The number of amides is 1. The fraction of sp³-hybridized carbons (Fsp3) is 0.944. The number of hydrogen-bond donors (Lipinski definition) is 2. The summed E-state index contributed by atoms with van der Waals surface area (Å²) in [7, 11) is 0. The van der Waals surface area contributed by atoms with E-state index in [-0.39, 0.29) is 11.3 Å². The second kappa shape index (κ2) is 9.45. The summed E-state index contributed by atoms with van der Waals surface area (Å²) in [6.07, 6.45) is 10.5. The second-order valence-corrected chi connectivity index (χ2v) is 7.72. The van der Waals surface area contributed by atoms with Crippen molar-refractivity contribution in [3.8, 4) is 0 Å². The first-order valence-electron chi connectivity index (χ1n) is 8.93. The van der Waals surface area contributed by atoms with Crippen LogP contribution in [0.1, 0.15) is 78.6 Å². The van der Waals surface area contributed by atoms with Crippen LogP contribution in [-0.2, 0) is 4.79 Å². The molecule has 0 bridgehead atoms. The number of rotatable bonds is 9. The maximum Gasteiger partial charge on any atom is 0.220 e. The maximum atomic E-state index is 12.1. The summed E-state index contributed by atoms with van der Waals surface area (Å²) in [6, 6.07) is 0. The Morgan fingerprint density at radius 1 is 1.14 bits per heavy atom. The van der Waals surface area contributed by atoms with Crippen molar-refractivity contribution in [2.45, 2.75) is 78.6 Å². The van der Waals surface area contributed by atoms with Gasteiger partial charge in [-0.3, -0.25) is 4.79 Å². The minimum absolute atomic E-state index is 0.224. The zero-order valence-corrected chi connectivity index (χ0v) is 14.4. The van der Waals surface area contributed by atoms with Gasteiger partial charge in [0.2, 0.25) is 5.91 Å². The molecule has 3 nitrogen and oxygen atoms in total. The third-order valence-electron chi connectivity index (χ3n) is 4.99. The summed E-state index contributed by atoms with van der Waals surface area (Å²) in [5.74, 6) is 1.52. The van der Waals surface area contributed by atoms with Gasteiger partial charge in [-0.2, -0.15) is 0 Å². The molecule has 0 aromatic carbocycles. The van der Waals surface area contributed by atoms with Crippen LogP contribution in [0.15, 0.2) is 0 Å². The Kier molecular flexibility index (Phi) is 8.31. The molecule has 0 heterocycles. The summed E-state index contributed by atoms with van der Waals surface area (Å²) in [5.41, 5.74) is 5.94. The van der Waals surface area contributed by atoms with Crippen molar-refractivity contribution >= 4 is 5.91 Å². The molecule has 124 valence electrons. The molecule has 1 rings (SSSR count). The minimum atomic E-state index is 0.224. The van der Waals surface area contributed by atoms with Crippen molar-refractivity contribution in [3.63, 3.8) is 0 Å². The van der Waals surface area contributed by atoms with Crippen LogP contribution in [0, 0.1) is 17.3 Å². The van der Waals surface area contributed by atoms with Gasteiger partial charge in [-0.15, -0.1) is 0 Å². The van der Waals surface area contributed by atoms with Crippen molar-refractivity contribution < 1.29 is 4.79 Å². The first-order valence-corrected chi connectivity index (χ1v) is 8.93. The zero-order valence-electron chi connectivity index (χ0n) is 14.4. The van der Waals surface area contributed by atoms with Crippen LogP contribution in [0.25, 0.3) is 0 Å². The average molecular weight is 296 g/mol. The Bertz CT molecular complexity index is 294. The van der Waals surface area contributed by atoms with Crippen molar-refractivity contribution in [2.24, 2.45) is 23.0 Å². The summed E-state index contributed by atoms with van der Waals surface area (Å²) in [6.45, 7) is 8.37. The Hall–Kier alpha value is -0.570. The Labute approximate surface area is 131 Å². The van der Waals surface area contributed by atoms with E-state index in [1.54, 1.807) is 0 Å². The molecule has 1 aliphatic carbocycles.